The number of rotatable bonds is 8. The molecule has 0 radical (unpaired) electrons. The van der Waals surface area contributed by atoms with E-state index in [0.717, 1.165) is 5.56 Å². The van der Waals surface area contributed by atoms with Crippen LogP contribution >= 0.6 is 11.6 Å². The molecule has 0 aliphatic carbocycles. The van der Waals surface area contributed by atoms with E-state index in [1.807, 2.05) is 6.92 Å². The monoisotopic (exact) mass is 416 g/mol. The van der Waals surface area contributed by atoms with E-state index in [1.165, 1.54) is 6.92 Å². The number of esters is 1. The number of aryl methyl sites for hydroxylation is 1. The first kappa shape index (κ1) is 22.1. The Labute approximate surface area is 173 Å². The lowest BCUT2D eigenvalue weighted by Crippen LogP contribution is -2.22. The van der Waals surface area contributed by atoms with Crippen molar-refractivity contribution in [3.8, 4) is 0 Å². The van der Waals surface area contributed by atoms with Crippen molar-refractivity contribution in [2.24, 2.45) is 0 Å². The third kappa shape index (κ3) is 7.38. The number of hydrogen-bond acceptors (Lipinski definition) is 5. The highest BCUT2D eigenvalue weighted by Gasteiger charge is 2.12. The van der Waals surface area contributed by atoms with E-state index in [1.54, 1.807) is 42.5 Å². The number of ketones is 1. The highest BCUT2D eigenvalue weighted by molar-refractivity contribution is 6.31. The van der Waals surface area contributed by atoms with Gasteiger partial charge in [-0.25, -0.2) is 0 Å². The SMILES string of the molecule is CC(=O)c1cccc(NC(=O)CCC(=O)OCC(=O)Nc2cc(Cl)ccc2C)c1. The fourth-order valence-electron chi connectivity index (χ4n) is 2.39. The highest BCUT2D eigenvalue weighted by Crippen LogP contribution is 2.20. The number of ether oxygens (including phenoxy) is 1. The van der Waals surface area contributed by atoms with Gasteiger partial charge in [-0.2, -0.15) is 0 Å². The van der Waals surface area contributed by atoms with E-state index in [0.29, 0.717) is 22.0 Å². The summed E-state index contributed by atoms with van der Waals surface area (Å²) in [6.07, 6.45) is -0.292. The lowest BCUT2D eigenvalue weighted by Gasteiger charge is -2.09. The van der Waals surface area contributed by atoms with Crippen LogP contribution in [0.5, 0.6) is 0 Å². The molecule has 7 nitrogen and oxygen atoms in total. The van der Waals surface area contributed by atoms with Crippen LogP contribution in [-0.2, 0) is 19.1 Å². The first-order valence-electron chi connectivity index (χ1n) is 8.87. The van der Waals surface area contributed by atoms with Crippen molar-refractivity contribution in [3.05, 3.63) is 58.6 Å². The number of carbonyl (C=O) groups excluding carboxylic acids is 4. The molecule has 0 aliphatic rings. The summed E-state index contributed by atoms with van der Waals surface area (Å²) in [6.45, 7) is 2.77. The maximum Gasteiger partial charge on any atom is 0.306 e. The molecule has 2 rings (SSSR count). The van der Waals surface area contributed by atoms with Crippen molar-refractivity contribution in [1.82, 2.24) is 0 Å². The van der Waals surface area contributed by atoms with Crippen molar-refractivity contribution in [2.45, 2.75) is 26.7 Å². The Hall–Kier alpha value is -3.19. The Morgan fingerprint density at radius 1 is 0.966 bits per heavy atom. The van der Waals surface area contributed by atoms with Gasteiger partial charge in [0.1, 0.15) is 0 Å². The summed E-state index contributed by atoms with van der Waals surface area (Å²) in [6, 6.07) is 11.6. The zero-order valence-electron chi connectivity index (χ0n) is 16.1. The van der Waals surface area contributed by atoms with Gasteiger partial charge in [0, 0.05) is 28.4 Å². The van der Waals surface area contributed by atoms with Crippen LogP contribution in [0.3, 0.4) is 0 Å². The van der Waals surface area contributed by atoms with E-state index in [-0.39, 0.29) is 18.6 Å². The molecule has 0 bridgehead atoms. The van der Waals surface area contributed by atoms with Crippen LogP contribution in [0, 0.1) is 6.92 Å². The van der Waals surface area contributed by atoms with Crippen molar-refractivity contribution in [1.29, 1.82) is 0 Å². The summed E-state index contributed by atoms with van der Waals surface area (Å²) >= 11 is 5.89. The van der Waals surface area contributed by atoms with Crippen LogP contribution in [0.2, 0.25) is 5.02 Å². The largest absolute Gasteiger partial charge is 0.456 e. The van der Waals surface area contributed by atoms with Crippen LogP contribution < -0.4 is 10.6 Å². The number of anilines is 2. The van der Waals surface area contributed by atoms with Gasteiger partial charge in [0.05, 0.1) is 6.42 Å². The zero-order valence-corrected chi connectivity index (χ0v) is 16.8. The standard InChI is InChI=1S/C21H21ClN2O5/c1-13-6-7-16(22)11-18(13)24-20(27)12-29-21(28)9-8-19(26)23-17-5-3-4-15(10-17)14(2)25/h3-7,10-11H,8-9,12H2,1-2H3,(H,23,26)(H,24,27). The third-order valence-corrected chi connectivity index (χ3v) is 4.18. The zero-order chi connectivity index (χ0) is 21.4. The molecule has 0 heterocycles. The molecule has 0 saturated carbocycles. The second-order valence-electron chi connectivity index (χ2n) is 6.35. The molecule has 2 amide bonds. The first-order chi connectivity index (χ1) is 13.7. The van der Waals surface area contributed by atoms with Crippen molar-refractivity contribution >= 4 is 46.5 Å². The van der Waals surface area contributed by atoms with Crippen LogP contribution in [0.4, 0.5) is 11.4 Å². The molecule has 2 aromatic rings. The number of nitrogens with one attached hydrogen (secondary N) is 2. The number of halogens is 1. The van der Waals surface area contributed by atoms with Crippen molar-refractivity contribution < 1.29 is 23.9 Å². The molecule has 0 aliphatic heterocycles. The van der Waals surface area contributed by atoms with E-state index in [4.69, 9.17) is 16.3 Å². The quantitative estimate of drug-likeness (QED) is 0.504. The minimum Gasteiger partial charge on any atom is -0.456 e. The average Bonchev–Trinajstić information content (AvgIpc) is 2.67. The van der Waals surface area contributed by atoms with E-state index >= 15 is 0 Å². The molecule has 2 aromatic carbocycles. The summed E-state index contributed by atoms with van der Waals surface area (Å²) in [5, 5.41) is 5.70. The van der Waals surface area contributed by atoms with E-state index in [2.05, 4.69) is 10.6 Å². The summed E-state index contributed by atoms with van der Waals surface area (Å²) in [5.41, 5.74) is 2.29. The normalized spacial score (nSPS) is 10.2. The van der Waals surface area contributed by atoms with Gasteiger partial charge in [-0.3, -0.25) is 19.2 Å². The van der Waals surface area contributed by atoms with Crippen LogP contribution in [-0.4, -0.2) is 30.2 Å². The molecule has 29 heavy (non-hydrogen) atoms. The predicted octanol–water partition coefficient (Wildman–Crippen LogP) is 3.75. The molecule has 0 atom stereocenters. The molecular weight excluding hydrogens is 396 g/mol. The first-order valence-corrected chi connectivity index (χ1v) is 9.25. The Morgan fingerprint density at radius 3 is 2.45 bits per heavy atom. The number of hydrogen-bond donors (Lipinski definition) is 2. The molecule has 0 unspecified atom stereocenters. The maximum atomic E-state index is 12.0. The number of benzene rings is 2. The Morgan fingerprint density at radius 2 is 1.72 bits per heavy atom. The Kier molecular flexibility index (Phi) is 7.91. The van der Waals surface area contributed by atoms with Gasteiger partial charge in [-0.15, -0.1) is 0 Å². The molecule has 0 fully saturated rings. The Balaban J connectivity index is 1.74. The molecule has 0 saturated heterocycles. The minimum absolute atomic E-state index is 0.113. The minimum atomic E-state index is -0.671. The highest BCUT2D eigenvalue weighted by atomic mass is 35.5. The maximum absolute atomic E-state index is 12.0. The molecule has 152 valence electrons. The van der Waals surface area contributed by atoms with Gasteiger partial charge >= 0.3 is 5.97 Å². The van der Waals surface area contributed by atoms with Crippen LogP contribution in [0.25, 0.3) is 0 Å². The lowest BCUT2D eigenvalue weighted by atomic mass is 10.1. The summed E-state index contributed by atoms with van der Waals surface area (Å²) in [7, 11) is 0. The van der Waals surface area contributed by atoms with Crippen molar-refractivity contribution in [3.63, 3.8) is 0 Å². The fourth-order valence-corrected chi connectivity index (χ4v) is 2.56. The topological polar surface area (TPSA) is 102 Å². The fraction of sp³-hybridized carbons (Fsp3) is 0.238. The van der Waals surface area contributed by atoms with Gasteiger partial charge in [0.2, 0.25) is 5.91 Å². The second kappa shape index (κ2) is 10.4. The van der Waals surface area contributed by atoms with Crippen LogP contribution in [0.1, 0.15) is 35.7 Å². The van der Waals surface area contributed by atoms with Gasteiger partial charge < -0.3 is 15.4 Å². The smallest absolute Gasteiger partial charge is 0.306 e. The molecule has 2 N–H and O–H groups in total. The van der Waals surface area contributed by atoms with Gasteiger partial charge in [-0.1, -0.05) is 29.8 Å². The average molecular weight is 417 g/mol. The molecular formula is C21H21ClN2O5. The lowest BCUT2D eigenvalue weighted by molar-refractivity contribution is -0.147. The van der Waals surface area contributed by atoms with Gasteiger partial charge in [0.15, 0.2) is 12.4 Å². The predicted molar refractivity (Wildman–Crippen MR) is 110 cm³/mol. The molecule has 0 spiro atoms. The molecule has 0 aromatic heterocycles. The van der Waals surface area contributed by atoms with Crippen molar-refractivity contribution in [2.75, 3.05) is 17.2 Å². The number of Topliss-reactive ketones (excluding diaryl/α,β-unsaturated/α-hetero) is 1. The summed E-state index contributed by atoms with van der Waals surface area (Å²) in [4.78, 5) is 47.0. The second-order valence-corrected chi connectivity index (χ2v) is 6.79. The summed E-state index contributed by atoms with van der Waals surface area (Å²) < 4.78 is 4.89. The number of carbonyl (C=O) groups is 4. The van der Waals surface area contributed by atoms with Gasteiger partial charge in [0.25, 0.3) is 5.91 Å². The van der Waals surface area contributed by atoms with E-state index in [9.17, 15) is 19.2 Å². The number of amides is 2. The molecule has 8 heteroatoms. The summed E-state index contributed by atoms with van der Waals surface area (Å²) in [5.74, 6) is -1.69. The Bertz CT molecular complexity index is 942. The van der Waals surface area contributed by atoms with Crippen LogP contribution in [0.15, 0.2) is 42.5 Å². The van der Waals surface area contributed by atoms with Gasteiger partial charge in [-0.05, 0) is 43.7 Å². The van der Waals surface area contributed by atoms with E-state index < -0.39 is 24.4 Å². The third-order valence-electron chi connectivity index (χ3n) is 3.95.